The van der Waals surface area contributed by atoms with Gasteiger partial charge in [0, 0.05) is 11.0 Å². The van der Waals surface area contributed by atoms with Crippen molar-refractivity contribution in [2.45, 2.75) is 31.1 Å². The van der Waals surface area contributed by atoms with Gasteiger partial charge in [0.1, 0.15) is 0 Å². The Morgan fingerprint density at radius 2 is 1.82 bits per heavy atom. The van der Waals surface area contributed by atoms with Crippen LogP contribution in [0.5, 0.6) is 0 Å². The molecule has 0 radical (unpaired) electrons. The zero-order chi connectivity index (χ0) is 12.9. The second-order valence-corrected chi connectivity index (χ2v) is 5.70. The lowest BCUT2D eigenvalue weighted by Crippen LogP contribution is -2.10. The second-order valence-electron chi connectivity index (χ2n) is 4.72. The van der Waals surface area contributed by atoms with E-state index in [2.05, 4.69) is 49.8 Å². The fourth-order valence-electron chi connectivity index (χ4n) is 1.27. The quantitative estimate of drug-likeness (QED) is 0.464. The van der Waals surface area contributed by atoms with E-state index in [9.17, 15) is 4.79 Å². The van der Waals surface area contributed by atoms with E-state index in [0.717, 1.165) is 4.90 Å². The Hall–Kier alpha value is -1.22. The Balaban J connectivity index is 2.63. The predicted molar refractivity (Wildman–Crippen MR) is 72.2 cm³/mol. The van der Waals surface area contributed by atoms with Crippen LogP contribution in [0.3, 0.4) is 0 Å². The van der Waals surface area contributed by atoms with E-state index in [-0.39, 0.29) is 11.4 Å². The third kappa shape index (κ3) is 4.65. The van der Waals surface area contributed by atoms with Crippen molar-refractivity contribution in [3.63, 3.8) is 0 Å². The van der Waals surface area contributed by atoms with E-state index in [0.29, 0.717) is 0 Å². The average molecular weight is 250 g/mol. The monoisotopic (exact) mass is 250 g/mol. The molecule has 17 heavy (non-hydrogen) atoms. The van der Waals surface area contributed by atoms with Gasteiger partial charge in [-0.05, 0) is 28.5 Å². The maximum atomic E-state index is 10.9. The van der Waals surface area contributed by atoms with Gasteiger partial charge in [-0.2, -0.15) is 0 Å². The number of carbonyl (C=O) groups is 1. The lowest BCUT2D eigenvalue weighted by Gasteiger charge is -2.18. The molecular weight excluding hydrogens is 232 g/mol. The molecule has 0 fully saturated rings. The maximum absolute atomic E-state index is 10.9. The molecule has 3 heteroatoms. The highest BCUT2D eigenvalue weighted by atomic mass is 32.2. The van der Waals surface area contributed by atoms with Crippen molar-refractivity contribution in [3.8, 4) is 0 Å². The Bertz CT molecular complexity index is 399. The lowest BCUT2D eigenvalue weighted by molar-refractivity contribution is -0.134. The first-order valence-electron chi connectivity index (χ1n) is 5.45. The topological polar surface area (TPSA) is 26.3 Å². The summed E-state index contributed by atoms with van der Waals surface area (Å²) in [5.74, 6) is -0.330. The van der Waals surface area contributed by atoms with Crippen molar-refractivity contribution < 1.29 is 9.53 Å². The van der Waals surface area contributed by atoms with E-state index in [1.165, 1.54) is 30.5 Å². The number of esters is 1. The predicted octanol–water partition coefficient (Wildman–Crippen LogP) is 3.76. The number of methoxy groups -OCH3 is 1. The zero-order valence-electron chi connectivity index (χ0n) is 10.7. The molecule has 0 aliphatic rings. The second kappa shape index (κ2) is 5.92. The van der Waals surface area contributed by atoms with Gasteiger partial charge in [0.05, 0.1) is 7.11 Å². The van der Waals surface area contributed by atoms with Gasteiger partial charge in [-0.3, -0.25) is 0 Å². The normalized spacial score (nSPS) is 11.8. The molecule has 1 aromatic rings. The van der Waals surface area contributed by atoms with Crippen molar-refractivity contribution in [3.05, 3.63) is 41.3 Å². The first-order valence-corrected chi connectivity index (χ1v) is 6.33. The summed E-state index contributed by atoms with van der Waals surface area (Å²) in [6.07, 6.45) is 1.42. The highest BCUT2D eigenvalue weighted by Crippen LogP contribution is 2.25. The van der Waals surface area contributed by atoms with E-state index >= 15 is 0 Å². The molecule has 0 heterocycles. The Labute approximate surface area is 107 Å². The first kappa shape index (κ1) is 13.8. The minimum atomic E-state index is -0.330. The molecule has 0 aliphatic carbocycles. The van der Waals surface area contributed by atoms with Crippen LogP contribution in [-0.2, 0) is 14.9 Å². The summed E-state index contributed by atoms with van der Waals surface area (Å²) < 4.78 is 4.51. The first-order chi connectivity index (χ1) is 7.93. The molecule has 0 atom stereocenters. The van der Waals surface area contributed by atoms with E-state index < -0.39 is 0 Å². The number of benzene rings is 1. The summed E-state index contributed by atoms with van der Waals surface area (Å²) in [6, 6.07) is 8.36. The van der Waals surface area contributed by atoms with Gasteiger partial charge >= 0.3 is 5.97 Å². The molecule has 0 bridgehead atoms. The molecular formula is C14H18O2S. The van der Waals surface area contributed by atoms with E-state index in [1.807, 2.05) is 0 Å². The molecule has 2 nitrogen and oxygen atoms in total. The van der Waals surface area contributed by atoms with Crippen molar-refractivity contribution in [1.29, 1.82) is 0 Å². The van der Waals surface area contributed by atoms with Crippen LogP contribution in [-0.4, -0.2) is 13.1 Å². The van der Waals surface area contributed by atoms with Crippen molar-refractivity contribution in [2.24, 2.45) is 0 Å². The summed E-state index contributed by atoms with van der Waals surface area (Å²) in [5, 5.41) is 1.73. The van der Waals surface area contributed by atoms with Crippen molar-refractivity contribution in [2.75, 3.05) is 7.11 Å². The SMILES string of the molecule is COC(=O)C=CSc1ccc(C(C)(C)C)cc1. The van der Waals surface area contributed by atoms with Gasteiger partial charge in [-0.15, -0.1) is 0 Å². The van der Waals surface area contributed by atoms with Crippen LogP contribution in [0.15, 0.2) is 40.6 Å². The third-order valence-electron chi connectivity index (χ3n) is 2.33. The fourth-order valence-corrected chi connectivity index (χ4v) is 1.90. The minimum absolute atomic E-state index is 0.172. The number of thioether (sulfide) groups is 1. The molecule has 0 N–H and O–H groups in total. The summed E-state index contributed by atoms with van der Waals surface area (Å²) in [5.41, 5.74) is 1.48. The number of carbonyl (C=O) groups excluding carboxylic acids is 1. The smallest absolute Gasteiger partial charge is 0.330 e. The van der Waals surface area contributed by atoms with Gasteiger partial charge < -0.3 is 4.74 Å². The maximum Gasteiger partial charge on any atom is 0.330 e. The van der Waals surface area contributed by atoms with Crippen molar-refractivity contribution >= 4 is 17.7 Å². The van der Waals surface area contributed by atoms with Crippen LogP contribution >= 0.6 is 11.8 Å². The highest BCUT2D eigenvalue weighted by Gasteiger charge is 2.12. The summed E-state index contributed by atoms with van der Waals surface area (Å²) in [7, 11) is 1.37. The molecule has 0 amide bonds. The zero-order valence-corrected chi connectivity index (χ0v) is 11.5. The molecule has 0 spiro atoms. The van der Waals surface area contributed by atoms with Crippen LogP contribution in [0.25, 0.3) is 0 Å². The van der Waals surface area contributed by atoms with Gasteiger partial charge in [0.25, 0.3) is 0 Å². The van der Waals surface area contributed by atoms with Crippen LogP contribution < -0.4 is 0 Å². The number of hydrogen-bond acceptors (Lipinski definition) is 3. The molecule has 0 saturated carbocycles. The van der Waals surface area contributed by atoms with E-state index in [1.54, 1.807) is 5.41 Å². The fraction of sp³-hybridized carbons (Fsp3) is 0.357. The molecule has 0 unspecified atom stereocenters. The lowest BCUT2D eigenvalue weighted by atomic mass is 9.87. The standard InChI is InChI=1S/C14H18O2S/c1-14(2,3)11-5-7-12(8-6-11)17-10-9-13(15)16-4/h5-10H,1-4H3. The summed E-state index contributed by atoms with van der Waals surface area (Å²) in [4.78, 5) is 12.0. The van der Waals surface area contributed by atoms with Crippen LogP contribution in [0, 0.1) is 0 Å². The third-order valence-corrected chi connectivity index (χ3v) is 3.15. The number of hydrogen-bond donors (Lipinski definition) is 0. The Morgan fingerprint density at radius 3 is 2.29 bits per heavy atom. The van der Waals surface area contributed by atoms with Crippen LogP contribution in [0.2, 0.25) is 0 Å². The van der Waals surface area contributed by atoms with E-state index in [4.69, 9.17) is 0 Å². The molecule has 0 aliphatic heterocycles. The van der Waals surface area contributed by atoms with Gasteiger partial charge in [0.2, 0.25) is 0 Å². The average Bonchev–Trinajstić information content (AvgIpc) is 2.28. The molecule has 0 aromatic heterocycles. The van der Waals surface area contributed by atoms with Crippen LogP contribution in [0.4, 0.5) is 0 Å². The summed E-state index contributed by atoms with van der Waals surface area (Å²) >= 11 is 1.50. The highest BCUT2D eigenvalue weighted by molar-refractivity contribution is 8.02. The van der Waals surface area contributed by atoms with Gasteiger partial charge in [-0.25, -0.2) is 4.79 Å². The summed E-state index contributed by atoms with van der Waals surface area (Å²) in [6.45, 7) is 6.56. The van der Waals surface area contributed by atoms with Gasteiger partial charge in [0.15, 0.2) is 0 Å². The number of rotatable bonds is 3. The Morgan fingerprint density at radius 1 is 1.24 bits per heavy atom. The molecule has 1 rings (SSSR count). The molecule has 1 aromatic carbocycles. The largest absolute Gasteiger partial charge is 0.466 e. The van der Waals surface area contributed by atoms with Crippen LogP contribution in [0.1, 0.15) is 26.3 Å². The van der Waals surface area contributed by atoms with Gasteiger partial charge in [-0.1, -0.05) is 44.7 Å². The van der Waals surface area contributed by atoms with Crippen molar-refractivity contribution in [1.82, 2.24) is 0 Å². The minimum Gasteiger partial charge on any atom is -0.466 e. The number of ether oxygens (including phenoxy) is 1. The Kier molecular flexibility index (Phi) is 4.82. The molecule has 92 valence electrons. The molecule has 0 saturated heterocycles.